The second-order valence-corrected chi connectivity index (χ2v) is 6.49. The molecule has 0 aromatic heterocycles. The van der Waals surface area contributed by atoms with E-state index in [1.807, 2.05) is 30.3 Å². The number of hydrogen-bond donors (Lipinski definition) is 2. The minimum absolute atomic E-state index is 0.0800. The van der Waals surface area contributed by atoms with Gasteiger partial charge >= 0.3 is 12.2 Å². The highest BCUT2D eigenvalue weighted by Gasteiger charge is 2.23. The molecule has 2 N–H and O–H groups in total. The van der Waals surface area contributed by atoms with Gasteiger partial charge < -0.3 is 19.5 Å². The van der Waals surface area contributed by atoms with Crippen LogP contribution in [-0.4, -0.2) is 43.0 Å². The molecule has 0 bridgehead atoms. The van der Waals surface area contributed by atoms with Crippen LogP contribution in [0.25, 0.3) is 0 Å². The first-order valence-electron chi connectivity index (χ1n) is 7.96. The zero-order valence-corrected chi connectivity index (χ0v) is 14.6. The first-order valence-corrected chi connectivity index (χ1v) is 7.96. The van der Waals surface area contributed by atoms with Gasteiger partial charge in [0.25, 0.3) is 0 Å². The van der Waals surface area contributed by atoms with Gasteiger partial charge in [-0.05, 0) is 26.3 Å². The highest BCUT2D eigenvalue weighted by atomic mass is 16.7. The van der Waals surface area contributed by atoms with Crippen molar-refractivity contribution >= 4 is 18.2 Å². The molecule has 1 heterocycles. The third-order valence-corrected chi connectivity index (χ3v) is 3.03. The number of alkyl carbamates (subject to hydrolysis) is 1. The molecule has 0 aliphatic carbocycles. The molecule has 0 saturated heterocycles. The zero-order chi connectivity index (χ0) is 18.3. The second-order valence-electron chi connectivity index (χ2n) is 6.49. The van der Waals surface area contributed by atoms with E-state index < -0.39 is 17.8 Å². The van der Waals surface area contributed by atoms with E-state index in [4.69, 9.17) is 14.2 Å². The summed E-state index contributed by atoms with van der Waals surface area (Å²) in [5.41, 5.74) is 0.291. The highest BCUT2D eigenvalue weighted by molar-refractivity contribution is 5.95. The van der Waals surface area contributed by atoms with Crippen molar-refractivity contribution in [3.8, 4) is 0 Å². The van der Waals surface area contributed by atoms with Crippen molar-refractivity contribution in [3.63, 3.8) is 0 Å². The summed E-state index contributed by atoms with van der Waals surface area (Å²) < 4.78 is 15.2. The van der Waals surface area contributed by atoms with Crippen molar-refractivity contribution in [2.24, 2.45) is 4.99 Å². The maximum Gasteiger partial charge on any atom is 0.508 e. The summed E-state index contributed by atoms with van der Waals surface area (Å²) in [5, 5.41) is 5.45. The van der Waals surface area contributed by atoms with Crippen LogP contribution in [0.1, 0.15) is 26.3 Å². The number of ether oxygens (including phenoxy) is 3. The van der Waals surface area contributed by atoms with E-state index in [-0.39, 0.29) is 19.3 Å². The fraction of sp³-hybridized carbons (Fsp3) is 0.471. The number of hydrogen-bond acceptors (Lipinski definition) is 7. The molecule has 0 spiro atoms. The molecule has 0 saturated carbocycles. The molecule has 0 fully saturated rings. The highest BCUT2D eigenvalue weighted by Crippen LogP contribution is 2.07. The van der Waals surface area contributed by atoms with E-state index in [2.05, 4.69) is 15.6 Å². The molecule has 0 radical (unpaired) electrons. The Morgan fingerprint density at radius 2 is 1.96 bits per heavy atom. The van der Waals surface area contributed by atoms with Gasteiger partial charge in [-0.3, -0.25) is 10.3 Å². The molecule has 1 aliphatic heterocycles. The molecule has 1 unspecified atom stereocenters. The summed E-state index contributed by atoms with van der Waals surface area (Å²) in [4.78, 5) is 27.4. The lowest BCUT2D eigenvalue weighted by atomic mass is 10.2. The number of nitrogens with one attached hydrogen (secondary N) is 2. The fourth-order valence-electron chi connectivity index (χ4n) is 1.98. The topological polar surface area (TPSA) is 98.3 Å². The largest absolute Gasteiger partial charge is 0.508 e. The Labute approximate surface area is 146 Å². The smallest absolute Gasteiger partial charge is 0.444 e. The minimum atomic E-state index is -0.751. The van der Waals surface area contributed by atoms with Crippen molar-refractivity contribution in [3.05, 3.63) is 35.9 Å². The monoisotopic (exact) mass is 349 g/mol. The summed E-state index contributed by atoms with van der Waals surface area (Å²) in [7, 11) is 0. The molecule has 8 heteroatoms. The number of carbonyl (C=O) groups is 2. The Morgan fingerprint density at radius 3 is 2.64 bits per heavy atom. The fourth-order valence-corrected chi connectivity index (χ4v) is 1.98. The van der Waals surface area contributed by atoms with Gasteiger partial charge in [-0.25, -0.2) is 9.59 Å². The van der Waals surface area contributed by atoms with Gasteiger partial charge in [0, 0.05) is 0 Å². The van der Waals surface area contributed by atoms with E-state index in [1.54, 1.807) is 20.8 Å². The lowest BCUT2D eigenvalue weighted by molar-refractivity contribution is 0.0454. The van der Waals surface area contributed by atoms with Gasteiger partial charge in [-0.15, -0.1) is 0 Å². The summed E-state index contributed by atoms with van der Waals surface area (Å²) >= 11 is 0. The van der Waals surface area contributed by atoms with E-state index in [0.717, 1.165) is 5.56 Å². The number of nitrogens with zero attached hydrogens (tertiary/aromatic N) is 1. The average Bonchev–Trinajstić information content (AvgIpc) is 2.97. The van der Waals surface area contributed by atoms with Crippen LogP contribution < -0.4 is 10.6 Å². The van der Waals surface area contributed by atoms with E-state index in [9.17, 15) is 9.59 Å². The predicted molar refractivity (Wildman–Crippen MR) is 91.2 cm³/mol. The molecule has 25 heavy (non-hydrogen) atoms. The number of aliphatic imine (C=N–C) groups is 1. The molecule has 1 aliphatic rings. The number of carbonyl (C=O) groups excluding carboxylic acids is 2. The van der Waals surface area contributed by atoms with Gasteiger partial charge in [0.1, 0.15) is 18.8 Å². The van der Waals surface area contributed by atoms with Crippen LogP contribution >= 0.6 is 0 Å². The van der Waals surface area contributed by atoms with E-state index >= 15 is 0 Å². The molecule has 2 rings (SSSR count). The van der Waals surface area contributed by atoms with Gasteiger partial charge in [-0.1, -0.05) is 30.3 Å². The summed E-state index contributed by atoms with van der Waals surface area (Å²) in [5.74, 6) is 0.292. The molecule has 1 amide bonds. The van der Waals surface area contributed by atoms with Crippen LogP contribution in [0.2, 0.25) is 0 Å². The Hall–Kier alpha value is -2.77. The Morgan fingerprint density at radius 1 is 1.24 bits per heavy atom. The number of amides is 1. The molecule has 1 atom stereocenters. The lowest BCUT2D eigenvalue weighted by Gasteiger charge is -2.20. The van der Waals surface area contributed by atoms with Crippen LogP contribution in [0, 0.1) is 0 Å². The first-order chi connectivity index (χ1) is 11.8. The van der Waals surface area contributed by atoms with Crippen molar-refractivity contribution in [2.45, 2.75) is 39.0 Å². The van der Waals surface area contributed by atoms with Crippen LogP contribution in [0.3, 0.4) is 0 Å². The van der Waals surface area contributed by atoms with E-state index in [1.165, 1.54) is 0 Å². The van der Waals surface area contributed by atoms with Crippen molar-refractivity contribution < 1.29 is 23.8 Å². The van der Waals surface area contributed by atoms with E-state index in [0.29, 0.717) is 12.5 Å². The summed E-state index contributed by atoms with van der Waals surface area (Å²) in [6.45, 7) is 5.92. The lowest BCUT2D eigenvalue weighted by Crippen LogP contribution is -2.45. The standard InChI is InChI=1S/C17H23N3O5/c1-17(2,3)25-15(21)20-14-18-9-13(19-14)11-24-16(22)23-10-12-7-5-4-6-8-12/h4-8,13H,9-11H2,1-3H3,(H2,18,19,20,21). The Balaban J connectivity index is 1.63. The van der Waals surface area contributed by atoms with Crippen LogP contribution in [-0.2, 0) is 20.8 Å². The maximum absolute atomic E-state index is 11.6. The quantitative estimate of drug-likeness (QED) is 0.809. The van der Waals surface area contributed by atoms with Gasteiger partial charge in [0.05, 0.1) is 12.6 Å². The minimum Gasteiger partial charge on any atom is -0.444 e. The van der Waals surface area contributed by atoms with Crippen LogP contribution in [0.15, 0.2) is 35.3 Å². The molecule has 1 aromatic rings. The molecular formula is C17H23N3O5. The number of benzene rings is 1. The first kappa shape index (κ1) is 18.6. The normalized spacial score (nSPS) is 16.4. The van der Waals surface area contributed by atoms with Gasteiger partial charge in [0.15, 0.2) is 0 Å². The SMILES string of the molecule is CC(C)(C)OC(=O)NC1=NCC(COC(=O)OCc2ccccc2)N1. The van der Waals surface area contributed by atoms with Crippen LogP contribution in [0.4, 0.5) is 9.59 Å². The molecule has 136 valence electrons. The maximum atomic E-state index is 11.6. The Bertz CT molecular complexity index is 625. The molecule has 1 aromatic carbocycles. The Kier molecular flexibility index (Phi) is 6.21. The third-order valence-electron chi connectivity index (χ3n) is 3.03. The van der Waals surface area contributed by atoms with Crippen molar-refractivity contribution in [1.82, 2.24) is 10.6 Å². The van der Waals surface area contributed by atoms with Crippen LogP contribution in [0.5, 0.6) is 0 Å². The summed E-state index contributed by atoms with van der Waals surface area (Å²) in [6, 6.07) is 9.10. The third kappa shape index (κ3) is 7.11. The van der Waals surface area contributed by atoms with Crippen molar-refractivity contribution in [2.75, 3.05) is 13.2 Å². The van der Waals surface area contributed by atoms with Gasteiger partial charge in [0.2, 0.25) is 5.96 Å². The van der Waals surface area contributed by atoms with Crippen molar-refractivity contribution in [1.29, 1.82) is 0 Å². The predicted octanol–water partition coefficient (Wildman–Crippen LogP) is 2.19. The average molecular weight is 349 g/mol. The molecule has 8 nitrogen and oxygen atoms in total. The summed E-state index contributed by atoms with van der Waals surface area (Å²) in [6.07, 6.45) is -1.35. The second kappa shape index (κ2) is 8.36. The zero-order valence-electron chi connectivity index (χ0n) is 14.6. The van der Waals surface area contributed by atoms with Gasteiger partial charge in [-0.2, -0.15) is 0 Å². The number of rotatable bonds is 4. The molecular weight excluding hydrogens is 326 g/mol. The number of guanidine groups is 1.